The Bertz CT molecular complexity index is 794. The van der Waals surface area contributed by atoms with Crippen LogP contribution in [0, 0.1) is 5.82 Å². The monoisotopic (exact) mass is 346 g/mol. The van der Waals surface area contributed by atoms with Crippen LogP contribution in [-0.2, 0) is 16.0 Å². The van der Waals surface area contributed by atoms with Crippen molar-refractivity contribution in [3.05, 3.63) is 58.9 Å². The number of carbonyl (C=O) groups excluding carboxylic acids is 2. The Balaban J connectivity index is 1.68. The molecule has 2 amide bonds. The van der Waals surface area contributed by atoms with Gasteiger partial charge >= 0.3 is 0 Å². The van der Waals surface area contributed by atoms with Crippen LogP contribution in [0.1, 0.15) is 18.4 Å². The molecule has 0 spiro atoms. The molecule has 1 heterocycles. The molecule has 0 atom stereocenters. The van der Waals surface area contributed by atoms with Gasteiger partial charge in [0, 0.05) is 18.7 Å². The van der Waals surface area contributed by atoms with Crippen LogP contribution in [-0.4, -0.2) is 18.4 Å². The SMILES string of the molecule is O=C(Cc1cccc(F)c1)Nc1ccc(N2CCCC2=O)c(Cl)c1. The number of nitrogens with zero attached hydrogens (tertiary/aromatic N) is 1. The Hall–Kier alpha value is -2.40. The van der Waals surface area contributed by atoms with E-state index in [-0.39, 0.29) is 24.1 Å². The molecular formula is C18H16ClFN2O2. The van der Waals surface area contributed by atoms with Gasteiger partial charge in [-0.05, 0) is 42.3 Å². The number of hydrogen-bond donors (Lipinski definition) is 1. The summed E-state index contributed by atoms with van der Waals surface area (Å²) >= 11 is 6.24. The maximum absolute atomic E-state index is 13.1. The lowest BCUT2D eigenvalue weighted by molar-refractivity contribution is -0.117. The van der Waals surface area contributed by atoms with E-state index in [4.69, 9.17) is 11.6 Å². The second kappa shape index (κ2) is 7.01. The summed E-state index contributed by atoms with van der Waals surface area (Å²) in [5, 5.41) is 3.14. The molecule has 0 aromatic heterocycles. The minimum atomic E-state index is -0.372. The van der Waals surface area contributed by atoms with Gasteiger partial charge in [-0.25, -0.2) is 4.39 Å². The van der Waals surface area contributed by atoms with Crippen molar-refractivity contribution in [3.8, 4) is 0 Å². The Morgan fingerprint density at radius 2 is 2.08 bits per heavy atom. The van der Waals surface area contributed by atoms with Crippen molar-refractivity contribution in [2.24, 2.45) is 0 Å². The van der Waals surface area contributed by atoms with Gasteiger partial charge in [0.15, 0.2) is 0 Å². The fourth-order valence-electron chi connectivity index (χ4n) is 2.74. The molecule has 124 valence electrons. The molecule has 24 heavy (non-hydrogen) atoms. The summed E-state index contributed by atoms with van der Waals surface area (Å²) < 4.78 is 13.1. The molecular weight excluding hydrogens is 331 g/mol. The molecule has 2 aromatic carbocycles. The third kappa shape index (κ3) is 3.74. The first kappa shape index (κ1) is 16.5. The molecule has 1 fully saturated rings. The molecule has 0 radical (unpaired) electrons. The van der Waals surface area contributed by atoms with Gasteiger partial charge in [-0.2, -0.15) is 0 Å². The summed E-state index contributed by atoms with van der Waals surface area (Å²) in [6.07, 6.45) is 1.42. The van der Waals surface area contributed by atoms with Crippen molar-refractivity contribution < 1.29 is 14.0 Å². The zero-order valence-corrected chi connectivity index (χ0v) is 13.6. The van der Waals surface area contributed by atoms with Gasteiger partial charge < -0.3 is 10.2 Å². The molecule has 0 saturated carbocycles. The fourth-order valence-corrected chi connectivity index (χ4v) is 3.03. The van der Waals surface area contributed by atoms with Gasteiger partial charge in [-0.1, -0.05) is 23.7 Å². The number of carbonyl (C=O) groups is 2. The van der Waals surface area contributed by atoms with Crippen molar-refractivity contribution in [2.75, 3.05) is 16.8 Å². The van der Waals surface area contributed by atoms with Crippen LogP contribution < -0.4 is 10.2 Å². The molecule has 0 bridgehead atoms. The molecule has 2 aromatic rings. The normalized spacial score (nSPS) is 14.1. The summed E-state index contributed by atoms with van der Waals surface area (Å²) in [5.74, 6) is -0.579. The van der Waals surface area contributed by atoms with E-state index in [0.717, 1.165) is 6.42 Å². The maximum Gasteiger partial charge on any atom is 0.228 e. The predicted molar refractivity (Wildman–Crippen MR) is 91.8 cm³/mol. The smallest absolute Gasteiger partial charge is 0.228 e. The zero-order valence-electron chi connectivity index (χ0n) is 12.9. The Kier molecular flexibility index (Phi) is 4.81. The largest absolute Gasteiger partial charge is 0.326 e. The quantitative estimate of drug-likeness (QED) is 0.915. The molecule has 0 aliphatic carbocycles. The average molecular weight is 347 g/mol. The number of rotatable bonds is 4. The molecule has 4 nitrogen and oxygen atoms in total. The van der Waals surface area contributed by atoms with Gasteiger partial charge in [0.05, 0.1) is 17.1 Å². The van der Waals surface area contributed by atoms with Crippen LogP contribution in [0.25, 0.3) is 0 Å². The number of benzene rings is 2. The molecule has 1 saturated heterocycles. The third-order valence-corrected chi connectivity index (χ3v) is 4.15. The Morgan fingerprint density at radius 1 is 1.25 bits per heavy atom. The number of nitrogens with one attached hydrogen (secondary N) is 1. The lowest BCUT2D eigenvalue weighted by atomic mass is 10.1. The van der Waals surface area contributed by atoms with Crippen LogP contribution >= 0.6 is 11.6 Å². The molecule has 3 rings (SSSR count). The standard InChI is InChI=1S/C18H16ClFN2O2/c19-15-11-14(6-7-16(15)22-8-2-5-18(22)24)21-17(23)10-12-3-1-4-13(20)9-12/h1,3-4,6-7,9,11H,2,5,8,10H2,(H,21,23). The van der Waals surface area contributed by atoms with Crippen LogP contribution in [0.15, 0.2) is 42.5 Å². The lowest BCUT2D eigenvalue weighted by Crippen LogP contribution is -2.24. The molecule has 6 heteroatoms. The van der Waals surface area contributed by atoms with Crippen molar-refractivity contribution in [3.63, 3.8) is 0 Å². The van der Waals surface area contributed by atoms with Gasteiger partial charge in [-0.15, -0.1) is 0 Å². The highest BCUT2D eigenvalue weighted by Crippen LogP contribution is 2.31. The lowest BCUT2D eigenvalue weighted by Gasteiger charge is -2.18. The third-order valence-electron chi connectivity index (χ3n) is 3.85. The van der Waals surface area contributed by atoms with Gasteiger partial charge in [0.25, 0.3) is 0 Å². The van der Waals surface area contributed by atoms with Crippen LogP contribution in [0.2, 0.25) is 5.02 Å². The van der Waals surface area contributed by atoms with Crippen molar-refractivity contribution >= 4 is 34.8 Å². The highest BCUT2D eigenvalue weighted by atomic mass is 35.5. The maximum atomic E-state index is 13.1. The summed E-state index contributed by atoms with van der Waals surface area (Å²) in [6, 6.07) is 11.0. The fraction of sp³-hybridized carbons (Fsp3) is 0.222. The number of hydrogen-bond acceptors (Lipinski definition) is 2. The van der Waals surface area contributed by atoms with Gasteiger partial charge in [0.2, 0.25) is 11.8 Å². The first-order chi connectivity index (χ1) is 11.5. The number of amides is 2. The minimum absolute atomic E-state index is 0.0554. The van der Waals surface area contributed by atoms with E-state index in [1.165, 1.54) is 12.1 Å². The molecule has 1 aliphatic heterocycles. The second-order valence-electron chi connectivity index (χ2n) is 5.67. The topological polar surface area (TPSA) is 49.4 Å². The van der Waals surface area contributed by atoms with E-state index in [1.54, 1.807) is 35.2 Å². The summed E-state index contributed by atoms with van der Waals surface area (Å²) in [5.41, 5.74) is 1.79. The van der Waals surface area contributed by atoms with Crippen molar-refractivity contribution in [2.45, 2.75) is 19.3 Å². The van der Waals surface area contributed by atoms with Crippen molar-refractivity contribution in [1.82, 2.24) is 0 Å². The molecule has 1 aliphatic rings. The van der Waals surface area contributed by atoms with Crippen molar-refractivity contribution in [1.29, 1.82) is 0 Å². The van der Waals surface area contributed by atoms with E-state index in [9.17, 15) is 14.0 Å². The van der Waals surface area contributed by atoms with Crippen LogP contribution in [0.4, 0.5) is 15.8 Å². The van der Waals surface area contributed by atoms with Crippen LogP contribution in [0.3, 0.4) is 0 Å². The van der Waals surface area contributed by atoms with Gasteiger partial charge in [-0.3, -0.25) is 9.59 Å². The van der Waals surface area contributed by atoms with E-state index in [2.05, 4.69) is 5.32 Å². The average Bonchev–Trinajstić information content (AvgIpc) is 2.93. The zero-order chi connectivity index (χ0) is 17.1. The summed E-state index contributed by atoms with van der Waals surface area (Å²) in [4.78, 5) is 25.5. The predicted octanol–water partition coefficient (Wildman–Crippen LogP) is 3.79. The van der Waals surface area contributed by atoms with E-state index < -0.39 is 0 Å². The van der Waals surface area contributed by atoms with E-state index in [0.29, 0.717) is 34.9 Å². The first-order valence-corrected chi connectivity index (χ1v) is 8.05. The Morgan fingerprint density at radius 3 is 2.75 bits per heavy atom. The number of halogens is 2. The highest BCUT2D eigenvalue weighted by Gasteiger charge is 2.23. The number of anilines is 2. The van der Waals surface area contributed by atoms with Crippen LogP contribution in [0.5, 0.6) is 0 Å². The second-order valence-corrected chi connectivity index (χ2v) is 6.08. The summed E-state index contributed by atoms with van der Waals surface area (Å²) in [6.45, 7) is 0.657. The van der Waals surface area contributed by atoms with E-state index >= 15 is 0 Å². The van der Waals surface area contributed by atoms with Gasteiger partial charge in [0.1, 0.15) is 5.82 Å². The first-order valence-electron chi connectivity index (χ1n) is 7.67. The molecule has 0 unspecified atom stereocenters. The summed E-state index contributed by atoms with van der Waals surface area (Å²) in [7, 11) is 0. The van der Waals surface area contributed by atoms with E-state index in [1.807, 2.05) is 0 Å². The Labute approximate surface area is 144 Å². The minimum Gasteiger partial charge on any atom is -0.326 e. The molecule has 1 N–H and O–H groups in total. The highest BCUT2D eigenvalue weighted by molar-refractivity contribution is 6.34.